The SMILES string of the molecule is CCCCCSCC(C)(NCCC)C(=O)OCC. The first-order chi connectivity index (χ1) is 8.60. The van der Waals surface area contributed by atoms with E-state index in [1.807, 2.05) is 25.6 Å². The summed E-state index contributed by atoms with van der Waals surface area (Å²) in [6.07, 6.45) is 4.76. The molecule has 1 unspecified atom stereocenters. The molecule has 0 radical (unpaired) electrons. The van der Waals surface area contributed by atoms with E-state index in [1.165, 1.54) is 19.3 Å². The van der Waals surface area contributed by atoms with Gasteiger partial charge in [-0.15, -0.1) is 0 Å². The van der Waals surface area contributed by atoms with E-state index in [2.05, 4.69) is 19.2 Å². The highest BCUT2D eigenvalue weighted by Gasteiger charge is 2.33. The number of carbonyl (C=O) groups is 1. The van der Waals surface area contributed by atoms with Gasteiger partial charge in [0, 0.05) is 5.75 Å². The van der Waals surface area contributed by atoms with Gasteiger partial charge in [0.15, 0.2) is 0 Å². The van der Waals surface area contributed by atoms with E-state index in [0.29, 0.717) is 6.61 Å². The molecule has 0 amide bonds. The van der Waals surface area contributed by atoms with Crippen molar-refractivity contribution in [3.63, 3.8) is 0 Å². The van der Waals surface area contributed by atoms with Gasteiger partial charge in [0.25, 0.3) is 0 Å². The molecule has 0 fully saturated rings. The number of ether oxygens (including phenoxy) is 1. The van der Waals surface area contributed by atoms with Crippen molar-refractivity contribution in [2.45, 2.75) is 58.9 Å². The summed E-state index contributed by atoms with van der Waals surface area (Å²) in [5.41, 5.74) is -0.539. The molecule has 0 bridgehead atoms. The first-order valence-corrected chi connectivity index (χ1v) is 8.26. The van der Waals surface area contributed by atoms with Gasteiger partial charge < -0.3 is 10.1 Å². The largest absolute Gasteiger partial charge is 0.465 e. The maximum Gasteiger partial charge on any atom is 0.326 e. The number of hydrogen-bond donors (Lipinski definition) is 1. The quantitative estimate of drug-likeness (QED) is 0.464. The Labute approximate surface area is 116 Å². The third kappa shape index (κ3) is 7.27. The Morgan fingerprint density at radius 3 is 2.50 bits per heavy atom. The molecule has 0 aliphatic rings. The van der Waals surface area contributed by atoms with Crippen LogP contribution in [-0.4, -0.2) is 36.2 Å². The Morgan fingerprint density at radius 1 is 1.22 bits per heavy atom. The second-order valence-electron chi connectivity index (χ2n) is 4.74. The van der Waals surface area contributed by atoms with Gasteiger partial charge in [0.2, 0.25) is 0 Å². The molecule has 0 heterocycles. The zero-order valence-electron chi connectivity index (χ0n) is 12.4. The molecule has 108 valence electrons. The van der Waals surface area contributed by atoms with E-state index in [1.54, 1.807) is 0 Å². The van der Waals surface area contributed by atoms with Crippen LogP contribution in [-0.2, 0) is 9.53 Å². The number of esters is 1. The molecule has 18 heavy (non-hydrogen) atoms. The molecule has 1 N–H and O–H groups in total. The number of unbranched alkanes of at least 4 members (excludes halogenated alkanes) is 2. The lowest BCUT2D eigenvalue weighted by Gasteiger charge is -2.28. The molecule has 0 rings (SSSR count). The summed E-state index contributed by atoms with van der Waals surface area (Å²) in [4.78, 5) is 12.0. The summed E-state index contributed by atoms with van der Waals surface area (Å²) >= 11 is 1.84. The van der Waals surface area contributed by atoms with Crippen LogP contribution in [0.3, 0.4) is 0 Å². The summed E-state index contributed by atoms with van der Waals surface area (Å²) < 4.78 is 5.17. The van der Waals surface area contributed by atoms with Gasteiger partial charge in [-0.2, -0.15) is 11.8 Å². The number of hydrogen-bond acceptors (Lipinski definition) is 4. The van der Waals surface area contributed by atoms with Crippen LogP contribution >= 0.6 is 11.8 Å². The molecular formula is C14H29NO2S. The lowest BCUT2D eigenvalue weighted by atomic mass is 10.1. The highest BCUT2D eigenvalue weighted by atomic mass is 32.2. The Bertz CT molecular complexity index is 224. The Morgan fingerprint density at radius 2 is 1.94 bits per heavy atom. The minimum absolute atomic E-state index is 0.124. The van der Waals surface area contributed by atoms with Crippen LogP contribution in [0.5, 0.6) is 0 Å². The molecule has 0 saturated carbocycles. The fourth-order valence-corrected chi connectivity index (χ4v) is 2.78. The smallest absolute Gasteiger partial charge is 0.326 e. The predicted octanol–water partition coefficient (Wildman–Crippen LogP) is 3.23. The van der Waals surface area contributed by atoms with E-state index >= 15 is 0 Å². The molecule has 3 nitrogen and oxygen atoms in total. The van der Waals surface area contributed by atoms with E-state index in [0.717, 1.165) is 24.5 Å². The van der Waals surface area contributed by atoms with Crippen molar-refractivity contribution in [2.24, 2.45) is 0 Å². The second kappa shape index (κ2) is 10.7. The van der Waals surface area contributed by atoms with Crippen molar-refractivity contribution >= 4 is 17.7 Å². The second-order valence-corrected chi connectivity index (χ2v) is 5.84. The number of rotatable bonds is 11. The summed E-state index contributed by atoms with van der Waals surface area (Å²) in [5.74, 6) is 1.79. The van der Waals surface area contributed by atoms with Crippen LogP contribution in [0.25, 0.3) is 0 Å². The molecule has 0 aromatic carbocycles. The van der Waals surface area contributed by atoms with Crippen molar-refractivity contribution in [1.29, 1.82) is 0 Å². The fourth-order valence-electron chi connectivity index (χ4n) is 1.60. The minimum Gasteiger partial charge on any atom is -0.465 e. The summed E-state index contributed by atoms with van der Waals surface area (Å²) in [6.45, 7) is 9.41. The van der Waals surface area contributed by atoms with Crippen LogP contribution in [0.15, 0.2) is 0 Å². The number of nitrogens with one attached hydrogen (secondary N) is 1. The Kier molecular flexibility index (Phi) is 10.5. The first-order valence-electron chi connectivity index (χ1n) is 7.10. The summed E-state index contributed by atoms with van der Waals surface area (Å²) in [7, 11) is 0. The van der Waals surface area contributed by atoms with Crippen LogP contribution in [0.1, 0.15) is 53.4 Å². The normalized spacial score (nSPS) is 14.2. The van der Waals surface area contributed by atoms with Gasteiger partial charge in [-0.25, -0.2) is 0 Å². The van der Waals surface area contributed by atoms with Crippen LogP contribution in [0.2, 0.25) is 0 Å². The van der Waals surface area contributed by atoms with Crippen LogP contribution < -0.4 is 5.32 Å². The topological polar surface area (TPSA) is 38.3 Å². The lowest BCUT2D eigenvalue weighted by Crippen LogP contribution is -2.53. The zero-order chi connectivity index (χ0) is 13.9. The Hall–Kier alpha value is -0.220. The molecule has 0 spiro atoms. The predicted molar refractivity (Wildman–Crippen MR) is 80.2 cm³/mol. The maximum absolute atomic E-state index is 12.0. The van der Waals surface area contributed by atoms with Crippen molar-refractivity contribution in [1.82, 2.24) is 5.32 Å². The van der Waals surface area contributed by atoms with Gasteiger partial charge >= 0.3 is 5.97 Å². The molecular weight excluding hydrogens is 246 g/mol. The average Bonchev–Trinajstić information content (AvgIpc) is 2.36. The molecule has 4 heteroatoms. The number of carbonyl (C=O) groups excluding carboxylic acids is 1. The average molecular weight is 275 g/mol. The van der Waals surface area contributed by atoms with Gasteiger partial charge in [-0.3, -0.25) is 4.79 Å². The van der Waals surface area contributed by atoms with Crippen molar-refractivity contribution < 1.29 is 9.53 Å². The van der Waals surface area contributed by atoms with Crippen molar-refractivity contribution in [2.75, 3.05) is 24.7 Å². The highest BCUT2D eigenvalue weighted by molar-refractivity contribution is 7.99. The molecule has 0 aliphatic heterocycles. The van der Waals surface area contributed by atoms with Gasteiger partial charge in [0.05, 0.1) is 6.61 Å². The molecule has 0 aromatic rings. The zero-order valence-corrected chi connectivity index (χ0v) is 13.2. The molecule has 0 saturated heterocycles. The Balaban J connectivity index is 4.15. The van der Waals surface area contributed by atoms with Gasteiger partial charge in [-0.1, -0.05) is 26.7 Å². The maximum atomic E-state index is 12.0. The van der Waals surface area contributed by atoms with E-state index in [4.69, 9.17) is 4.74 Å². The summed E-state index contributed by atoms with van der Waals surface area (Å²) in [5, 5.41) is 3.33. The van der Waals surface area contributed by atoms with Gasteiger partial charge in [0.1, 0.15) is 5.54 Å². The molecule has 0 aromatic heterocycles. The van der Waals surface area contributed by atoms with Crippen LogP contribution in [0.4, 0.5) is 0 Å². The van der Waals surface area contributed by atoms with E-state index < -0.39 is 5.54 Å². The first kappa shape index (κ1) is 17.8. The monoisotopic (exact) mass is 275 g/mol. The van der Waals surface area contributed by atoms with Crippen LogP contribution in [0, 0.1) is 0 Å². The molecule has 1 atom stereocenters. The van der Waals surface area contributed by atoms with Gasteiger partial charge in [-0.05, 0) is 39.0 Å². The number of thioether (sulfide) groups is 1. The minimum atomic E-state index is -0.539. The fraction of sp³-hybridized carbons (Fsp3) is 0.929. The highest BCUT2D eigenvalue weighted by Crippen LogP contribution is 2.17. The third-order valence-corrected chi connectivity index (χ3v) is 4.13. The van der Waals surface area contributed by atoms with Crippen molar-refractivity contribution in [3.05, 3.63) is 0 Å². The lowest BCUT2D eigenvalue weighted by molar-refractivity contribution is -0.149. The van der Waals surface area contributed by atoms with E-state index in [-0.39, 0.29) is 5.97 Å². The third-order valence-electron chi connectivity index (χ3n) is 2.77. The van der Waals surface area contributed by atoms with E-state index in [9.17, 15) is 4.79 Å². The summed E-state index contributed by atoms with van der Waals surface area (Å²) in [6, 6.07) is 0. The molecule has 0 aliphatic carbocycles. The standard InChI is InChI=1S/C14H29NO2S/c1-5-8-9-11-18-12-14(4,15-10-6-2)13(16)17-7-3/h15H,5-12H2,1-4H3. The van der Waals surface area contributed by atoms with Crippen molar-refractivity contribution in [3.8, 4) is 0 Å².